The lowest BCUT2D eigenvalue weighted by molar-refractivity contribution is -0.962. The number of quaternary nitrogens is 1. The van der Waals surface area contributed by atoms with E-state index in [-0.39, 0.29) is 24.6 Å². The van der Waals surface area contributed by atoms with Crippen molar-refractivity contribution in [1.82, 2.24) is 0 Å². The van der Waals surface area contributed by atoms with Crippen LogP contribution in [0.25, 0.3) is 0 Å². The van der Waals surface area contributed by atoms with Crippen molar-refractivity contribution in [2.24, 2.45) is 0 Å². The third-order valence-corrected chi connectivity index (χ3v) is 3.95. The highest BCUT2D eigenvalue weighted by Crippen LogP contribution is 2.16. The first-order valence-electron chi connectivity index (χ1n) is 6.71. The van der Waals surface area contributed by atoms with Crippen LogP contribution < -0.4 is 12.4 Å². The van der Waals surface area contributed by atoms with Crippen molar-refractivity contribution in [2.75, 3.05) is 19.6 Å². The number of esters is 1. The second kappa shape index (κ2) is 8.18. The SMILES string of the molecule is CC[N+](CC)(CC)C(C)OC(=O)c1ccccc1.[Cl-]. The van der Waals surface area contributed by atoms with Gasteiger partial charge in [0.05, 0.1) is 25.2 Å². The molecule has 0 aliphatic heterocycles. The zero-order chi connectivity index (χ0) is 13.6. The summed E-state index contributed by atoms with van der Waals surface area (Å²) in [6.07, 6.45) is -0.113. The van der Waals surface area contributed by atoms with E-state index in [0.29, 0.717) is 5.56 Å². The second-order valence-corrected chi connectivity index (χ2v) is 4.54. The van der Waals surface area contributed by atoms with E-state index in [0.717, 1.165) is 24.1 Å². The van der Waals surface area contributed by atoms with Gasteiger partial charge in [0.2, 0.25) is 6.23 Å². The van der Waals surface area contributed by atoms with Crippen LogP contribution in [0.4, 0.5) is 0 Å². The standard InChI is InChI=1S/C15H24NO2.ClH/c1-5-16(6-2,7-3)13(4)18-15(17)14-11-9-8-10-12-14;/h8-13H,5-7H2,1-4H3;1H/q+1;/p-1. The molecule has 4 heteroatoms. The molecule has 0 aliphatic rings. The molecule has 0 saturated carbocycles. The lowest BCUT2D eigenvalue weighted by Crippen LogP contribution is -3.00. The lowest BCUT2D eigenvalue weighted by atomic mass is 10.2. The van der Waals surface area contributed by atoms with E-state index < -0.39 is 0 Å². The number of ether oxygens (including phenoxy) is 1. The minimum Gasteiger partial charge on any atom is -1.00 e. The topological polar surface area (TPSA) is 26.3 Å². The summed E-state index contributed by atoms with van der Waals surface area (Å²) >= 11 is 0. The Hall–Kier alpha value is -1.06. The van der Waals surface area contributed by atoms with Crippen LogP contribution in [0.2, 0.25) is 0 Å². The van der Waals surface area contributed by atoms with Gasteiger partial charge in [-0.1, -0.05) is 18.2 Å². The summed E-state index contributed by atoms with van der Waals surface area (Å²) in [6, 6.07) is 9.16. The first kappa shape index (κ1) is 17.9. The van der Waals surface area contributed by atoms with Crippen LogP contribution in [0, 0.1) is 0 Å². The average Bonchev–Trinajstić information content (AvgIpc) is 2.42. The minimum absolute atomic E-state index is 0. The third-order valence-electron chi connectivity index (χ3n) is 3.95. The Balaban J connectivity index is 0.00000324. The van der Waals surface area contributed by atoms with E-state index in [1.165, 1.54) is 0 Å². The predicted octanol–water partition coefficient (Wildman–Crippen LogP) is 0.0699. The van der Waals surface area contributed by atoms with E-state index in [9.17, 15) is 4.79 Å². The summed E-state index contributed by atoms with van der Waals surface area (Å²) in [4.78, 5) is 12.0. The van der Waals surface area contributed by atoms with Gasteiger partial charge in [-0.05, 0) is 32.9 Å². The summed E-state index contributed by atoms with van der Waals surface area (Å²) in [5, 5.41) is 0. The van der Waals surface area contributed by atoms with E-state index in [1.807, 2.05) is 25.1 Å². The van der Waals surface area contributed by atoms with Crippen molar-refractivity contribution in [1.29, 1.82) is 0 Å². The fourth-order valence-electron chi connectivity index (χ4n) is 2.35. The van der Waals surface area contributed by atoms with Gasteiger partial charge in [0, 0.05) is 6.92 Å². The molecule has 0 amide bonds. The smallest absolute Gasteiger partial charge is 0.342 e. The molecular weight excluding hydrogens is 262 g/mol. The van der Waals surface area contributed by atoms with Crippen LogP contribution in [0.1, 0.15) is 38.1 Å². The quantitative estimate of drug-likeness (QED) is 0.420. The van der Waals surface area contributed by atoms with E-state index in [4.69, 9.17) is 4.74 Å². The molecule has 1 atom stereocenters. The molecule has 19 heavy (non-hydrogen) atoms. The number of carbonyl (C=O) groups is 1. The van der Waals surface area contributed by atoms with Crippen LogP contribution in [0.3, 0.4) is 0 Å². The maximum absolute atomic E-state index is 12.0. The summed E-state index contributed by atoms with van der Waals surface area (Å²) in [5.41, 5.74) is 0.616. The average molecular weight is 286 g/mol. The fourth-order valence-corrected chi connectivity index (χ4v) is 2.35. The molecule has 1 unspecified atom stereocenters. The van der Waals surface area contributed by atoms with Crippen molar-refractivity contribution in [3.05, 3.63) is 35.9 Å². The molecule has 1 rings (SSSR count). The van der Waals surface area contributed by atoms with Crippen LogP contribution in [-0.2, 0) is 4.74 Å². The largest absolute Gasteiger partial charge is 1.00 e. The van der Waals surface area contributed by atoms with E-state index in [1.54, 1.807) is 12.1 Å². The molecule has 0 saturated heterocycles. The summed E-state index contributed by atoms with van der Waals surface area (Å²) in [5.74, 6) is -0.235. The van der Waals surface area contributed by atoms with E-state index >= 15 is 0 Å². The molecule has 0 aromatic heterocycles. The van der Waals surface area contributed by atoms with Crippen molar-refractivity contribution in [3.8, 4) is 0 Å². The predicted molar refractivity (Wildman–Crippen MR) is 73.2 cm³/mol. The number of hydrogen-bond donors (Lipinski definition) is 0. The summed E-state index contributed by atoms with van der Waals surface area (Å²) in [7, 11) is 0. The van der Waals surface area contributed by atoms with E-state index in [2.05, 4.69) is 20.8 Å². The van der Waals surface area contributed by atoms with Gasteiger partial charge in [-0.15, -0.1) is 0 Å². The Morgan fingerprint density at radius 2 is 1.58 bits per heavy atom. The third kappa shape index (κ3) is 4.22. The molecular formula is C15H24ClNO2. The maximum atomic E-state index is 12.0. The highest BCUT2D eigenvalue weighted by atomic mass is 35.5. The van der Waals surface area contributed by atoms with Gasteiger partial charge in [0.15, 0.2) is 0 Å². The van der Waals surface area contributed by atoms with Gasteiger partial charge in [-0.2, -0.15) is 0 Å². The Kier molecular flexibility index (Phi) is 7.72. The van der Waals surface area contributed by atoms with Crippen molar-refractivity contribution in [3.63, 3.8) is 0 Å². The van der Waals surface area contributed by atoms with Crippen LogP contribution in [0.5, 0.6) is 0 Å². The molecule has 0 N–H and O–H groups in total. The minimum atomic E-state index is -0.235. The molecule has 0 radical (unpaired) electrons. The normalized spacial score (nSPS) is 12.4. The maximum Gasteiger partial charge on any atom is 0.342 e. The first-order chi connectivity index (χ1) is 8.59. The second-order valence-electron chi connectivity index (χ2n) is 4.54. The molecule has 108 valence electrons. The lowest BCUT2D eigenvalue weighted by Gasteiger charge is -2.40. The van der Waals surface area contributed by atoms with Crippen molar-refractivity contribution < 1.29 is 26.4 Å². The molecule has 0 heterocycles. The number of nitrogens with zero attached hydrogens (tertiary/aromatic N) is 1. The number of halogens is 1. The fraction of sp³-hybridized carbons (Fsp3) is 0.533. The molecule has 1 aromatic carbocycles. The molecule has 0 bridgehead atoms. The zero-order valence-corrected chi connectivity index (χ0v) is 13.0. The molecule has 0 aliphatic carbocycles. The number of hydrogen-bond acceptors (Lipinski definition) is 2. The Morgan fingerprint density at radius 3 is 2.00 bits per heavy atom. The number of benzene rings is 1. The Morgan fingerprint density at radius 1 is 1.11 bits per heavy atom. The van der Waals surface area contributed by atoms with Gasteiger partial charge < -0.3 is 17.1 Å². The first-order valence-corrected chi connectivity index (χ1v) is 6.71. The van der Waals surface area contributed by atoms with Crippen LogP contribution in [-0.4, -0.2) is 36.3 Å². The van der Waals surface area contributed by atoms with Crippen LogP contribution in [0.15, 0.2) is 30.3 Å². The van der Waals surface area contributed by atoms with Gasteiger partial charge >= 0.3 is 5.97 Å². The summed E-state index contributed by atoms with van der Waals surface area (Å²) < 4.78 is 6.41. The van der Waals surface area contributed by atoms with Gasteiger partial charge in [-0.3, -0.25) is 4.48 Å². The molecule has 0 fully saturated rings. The highest BCUT2D eigenvalue weighted by molar-refractivity contribution is 5.89. The summed E-state index contributed by atoms with van der Waals surface area (Å²) in [6.45, 7) is 11.3. The van der Waals surface area contributed by atoms with Gasteiger partial charge in [0.25, 0.3) is 0 Å². The molecule has 3 nitrogen and oxygen atoms in total. The molecule has 0 spiro atoms. The highest BCUT2D eigenvalue weighted by Gasteiger charge is 2.31. The van der Waals surface area contributed by atoms with Crippen molar-refractivity contribution >= 4 is 5.97 Å². The molecule has 1 aromatic rings. The zero-order valence-electron chi connectivity index (χ0n) is 12.2. The van der Waals surface area contributed by atoms with Crippen LogP contribution >= 0.6 is 0 Å². The van der Waals surface area contributed by atoms with Gasteiger partial charge in [-0.25, -0.2) is 4.79 Å². The monoisotopic (exact) mass is 285 g/mol. The Bertz CT molecular complexity index is 369. The Labute approximate surface area is 122 Å². The number of rotatable bonds is 6. The number of carbonyl (C=O) groups excluding carboxylic acids is 1. The van der Waals surface area contributed by atoms with Crippen molar-refractivity contribution in [2.45, 2.75) is 33.9 Å². The van der Waals surface area contributed by atoms with Gasteiger partial charge in [0.1, 0.15) is 0 Å².